The largest absolute Gasteiger partial charge is 0.486 e. The van der Waals surface area contributed by atoms with Gasteiger partial charge in [0.25, 0.3) is 0 Å². The molecule has 1 aromatic heterocycles. The molecule has 8 nitrogen and oxygen atoms in total. The van der Waals surface area contributed by atoms with Crippen LogP contribution in [0.15, 0.2) is 24.3 Å². The normalized spacial score (nSPS) is 20.0. The minimum absolute atomic E-state index is 0.501. The number of aromatic nitrogens is 2. The van der Waals surface area contributed by atoms with Gasteiger partial charge in [-0.1, -0.05) is 13.0 Å². The van der Waals surface area contributed by atoms with Gasteiger partial charge in [0.1, 0.15) is 24.8 Å². The van der Waals surface area contributed by atoms with Gasteiger partial charge < -0.3 is 29.9 Å². The molecule has 1 aromatic carbocycles. The van der Waals surface area contributed by atoms with Crippen molar-refractivity contribution in [2.45, 2.75) is 39.2 Å². The number of hydrogen-bond donors (Lipinski definition) is 2. The zero-order chi connectivity index (χ0) is 22.6. The van der Waals surface area contributed by atoms with Crippen LogP contribution in [-0.2, 0) is 6.54 Å². The predicted octanol–water partition coefficient (Wildman–Crippen LogP) is 3.57. The van der Waals surface area contributed by atoms with Crippen LogP contribution in [0.2, 0.25) is 0 Å². The van der Waals surface area contributed by atoms with Gasteiger partial charge in [0.05, 0.1) is 0 Å². The van der Waals surface area contributed by atoms with E-state index in [-0.39, 0.29) is 0 Å². The molecule has 2 fully saturated rings. The van der Waals surface area contributed by atoms with Crippen LogP contribution < -0.4 is 29.9 Å². The van der Waals surface area contributed by atoms with Gasteiger partial charge in [-0.05, 0) is 61.5 Å². The molecule has 0 spiro atoms. The summed E-state index contributed by atoms with van der Waals surface area (Å²) in [4.78, 5) is 14.3. The molecule has 0 unspecified atom stereocenters. The Bertz CT molecular complexity index is 997. The van der Waals surface area contributed by atoms with E-state index in [1.54, 1.807) is 0 Å². The van der Waals surface area contributed by atoms with Gasteiger partial charge in [-0.15, -0.1) is 0 Å². The van der Waals surface area contributed by atoms with Crippen LogP contribution in [-0.4, -0.2) is 54.5 Å². The Kier molecular flexibility index (Phi) is 6.66. The van der Waals surface area contributed by atoms with E-state index in [1.807, 2.05) is 18.2 Å². The Morgan fingerprint density at radius 3 is 2.52 bits per heavy atom. The molecule has 33 heavy (non-hydrogen) atoms. The van der Waals surface area contributed by atoms with Gasteiger partial charge in [-0.2, -0.15) is 9.97 Å². The highest BCUT2D eigenvalue weighted by Crippen LogP contribution is 2.31. The van der Waals surface area contributed by atoms with Gasteiger partial charge >= 0.3 is 0 Å². The number of hydrogen-bond acceptors (Lipinski definition) is 7. The summed E-state index contributed by atoms with van der Waals surface area (Å²) in [5.41, 5.74) is 1.07. The maximum Gasteiger partial charge on any atom is 0.232 e. The molecule has 1 atom stereocenters. The highest BCUT2D eigenvalue weighted by atomic mass is 32.1. The van der Waals surface area contributed by atoms with Gasteiger partial charge in [0.15, 0.2) is 16.6 Å². The van der Waals surface area contributed by atoms with E-state index in [1.165, 1.54) is 25.7 Å². The Balaban J connectivity index is 1.27. The molecule has 3 aliphatic heterocycles. The quantitative estimate of drug-likeness (QED) is 0.641. The van der Waals surface area contributed by atoms with Crippen molar-refractivity contribution < 1.29 is 9.47 Å². The van der Waals surface area contributed by atoms with Crippen LogP contribution in [0.3, 0.4) is 0 Å². The molecule has 5 rings (SSSR count). The van der Waals surface area contributed by atoms with E-state index in [0.717, 1.165) is 54.9 Å². The van der Waals surface area contributed by atoms with E-state index >= 15 is 0 Å². The second kappa shape index (κ2) is 9.99. The maximum atomic E-state index is 5.68. The highest BCUT2D eigenvalue weighted by molar-refractivity contribution is 7.80. The summed E-state index contributed by atoms with van der Waals surface area (Å²) in [7, 11) is 0. The molecular weight excluding hydrogens is 436 g/mol. The van der Waals surface area contributed by atoms with Crippen LogP contribution >= 0.6 is 12.2 Å². The van der Waals surface area contributed by atoms with E-state index in [2.05, 4.69) is 33.4 Å². The number of rotatable bonds is 5. The fourth-order valence-corrected chi connectivity index (χ4v) is 4.83. The number of benzene rings is 1. The summed E-state index contributed by atoms with van der Waals surface area (Å²) in [6.45, 7) is 8.20. The number of nitrogens with one attached hydrogen (secondary N) is 2. The van der Waals surface area contributed by atoms with E-state index in [4.69, 9.17) is 31.7 Å². The van der Waals surface area contributed by atoms with Crippen LogP contribution in [0.25, 0.3) is 0 Å². The van der Waals surface area contributed by atoms with Crippen molar-refractivity contribution in [3.8, 4) is 11.5 Å². The number of ether oxygens (including phenoxy) is 2. The Morgan fingerprint density at radius 1 is 1.00 bits per heavy atom. The number of thiocarbonyl (C=S) groups is 1. The van der Waals surface area contributed by atoms with Gasteiger partial charge in [0, 0.05) is 38.8 Å². The molecule has 2 saturated heterocycles. The van der Waals surface area contributed by atoms with Crippen LogP contribution in [0.5, 0.6) is 11.5 Å². The van der Waals surface area contributed by atoms with Crippen molar-refractivity contribution >= 4 is 34.9 Å². The first-order valence-electron chi connectivity index (χ1n) is 12.0. The first kappa shape index (κ1) is 22.0. The van der Waals surface area contributed by atoms with E-state index < -0.39 is 0 Å². The van der Waals surface area contributed by atoms with Crippen LogP contribution in [0.1, 0.15) is 38.2 Å². The second-order valence-corrected chi connectivity index (χ2v) is 9.49. The van der Waals surface area contributed by atoms with Gasteiger partial charge in [0.2, 0.25) is 5.95 Å². The topological polar surface area (TPSA) is 74.8 Å². The zero-order valence-electron chi connectivity index (χ0n) is 19.2. The van der Waals surface area contributed by atoms with Crippen LogP contribution in [0, 0.1) is 5.92 Å². The highest BCUT2D eigenvalue weighted by Gasteiger charge is 2.22. The van der Waals surface area contributed by atoms with Gasteiger partial charge in [-0.25, -0.2) is 0 Å². The van der Waals surface area contributed by atoms with Crippen molar-refractivity contribution in [2.24, 2.45) is 5.92 Å². The third kappa shape index (κ3) is 5.40. The van der Waals surface area contributed by atoms with Crippen LogP contribution in [0.4, 0.5) is 17.6 Å². The molecule has 0 saturated carbocycles. The Hall–Kier alpha value is -2.81. The summed E-state index contributed by atoms with van der Waals surface area (Å²) >= 11 is 5.57. The lowest BCUT2D eigenvalue weighted by Gasteiger charge is -2.32. The lowest BCUT2D eigenvalue weighted by Crippen LogP contribution is -2.35. The number of nitrogens with zero attached hydrogens (tertiary/aromatic N) is 4. The molecule has 0 bridgehead atoms. The summed E-state index contributed by atoms with van der Waals surface area (Å²) in [6.07, 6.45) is 4.89. The molecule has 0 radical (unpaired) electrons. The summed E-state index contributed by atoms with van der Waals surface area (Å²) in [5, 5.41) is 6.99. The fraction of sp³-hybridized carbons (Fsp3) is 0.542. The van der Waals surface area contributed by atoms with Crippen molar-refractivity contribution in [3.05, 3.63) is 29.8 Å². The van der Waals surface area contributed by atoms with Crippen molar-refractivity contribution in [2.75, 3.05) is 54.5 Å². The standard InChI is InChI=1S/C24H32N6O2S/c1-17-5-4-10-30(16-17)22-14-21(29-8-2-3-9-29)26-23(27-22)28-24(33)25-15-18-6-7-19-20(13-18)32-12-11-31-19/h6-7,13-14,17H,2-5,8-12,15-16H2,1H3,(H2,25,26,27,28,33)/t17-/m0/s1. The molecule has 4 heterocycles. The number of piperidine rings is 1. The average Bonchev–Trinajstić information content (AvgIpc) is 3.38. The van der Waals surface area contributed by atoms with Crippen molar-refractivity contribution in [1.82, 2.24) is 15.3 Å². The van der Waals surface area contributed by atoms with Crippen molar-refractivity contribution in [3.63, 3.8) is 0 Å². The summed E-state index contributed by atoms with van der Waals surface area (Å²) in [6, 6.07) is 8.09. The third-order valence-corrected chi connectivity index (χ3v) is 6.64. The van der Waals surface area contributed by atoms with E-state index in [9.17, 15) is 0 Å². The average molecular weight is 469 g/mol. The minimum Gasteiger partial charge on any atom is -0.486 e. The first-order chi connectivity index (χ1) is 16.1. The SMILES string of the molecule is C[C@H]1CCCN(c2cc(N3CCCC3)nc(NC(=S)NCc3ccc4c(c3)OCCO4)n2)C1. The summed E-state index contributed by atoms with van der Waals surface area (Å²) in [5.74, 6) is 4.75. The lowest BCUT2D eigenvalue weighted by molar-refractivity contribution is 0.171. The van der Waals surface area contributed by atoms with E-state index in [0.29, 0.717) is 36.7 Å². The Labute approximate surface area is 200 Å². The molecule has 176 valence electrons. The molecule has 2 N–H and O–H groups in total. The predicted molar refractivity (Wildman–Crippen MR) is 135 cm³/mol. The third-order valence-electron chi connectivity index (χ3n) is 6.40. The Morgan fingerprint density at radius 2 is 1.73 bits per heavy atom. The first-order valence-corrected chi connectivity index (χ1v) is 12.4. The molecule has 9 heteroatoms. The monoisotopic (exact) mass is 468 g/mol. The van der Waals surface area contributed by atoms with Gasteiger partial charge in [-0.3, -0.25) is 0 Å². The lowest BCUT2D eigenvalue weighted by atomic mass is 10.0. The zero-order valence-corrected chi connectivity index (χ0v) is 20.0. The molecule has 0 aliphatic carbocycles. The van der Waals surface area contributed by atoms with Crippen molar-refractivity contribution in [1.29, 1.82) is 0 Å². The number of fused-ring (bicyclic) bond motifs is 1. The molecule has 0 amide bonds. The molecule has 2 aromatic rings. The molecular formula is C24H32N6O2S. The number of anilines is 3. The maximum absolute atomic E-state index is 5.68. The molecule has 3 aliphatic rings. The fourth-order valence-electron chi connectivity index (χ4n) is 4.67. The minimum atomic E-state index is 0.501. The summed E-state index contributed by atoms with van der Waals surface area (Å²) < 4.78 is 11.3. The smallest absolute Gasteiger partial charge is 0.232 e. The second-order valence-electron chi connectivity index (χ2n) is 9.08.